The van der Waals surface area contributed by atoms with Crippen molar-refractivity contribution in [2.45, 2.75) is 6.92 Å². The Balaban J connectivity index is 2.92. The Morgan fingerprint density at radius 2 is 2.08 bits per heavy atom. The van der Waals surface area contributed by atoms with Gasteiger partial charge in [0.1, 0.15) is 5.82 Å². The van der Waals surface area contributed by atoms with Gasteiger partial charge >= 0.3 is 0 Å². The molecule has 0 radical (unpaired) electrons. The molecule has 0 atom stereocenters. The van der Waals surface area contributed by atoms with Crippen molar-refractivity contribution in [3.05, 3.63) is 11.0 Å². The fraction of sp³-hybridized carbons (Fsp3) is 0.333. The van der Waals surface area contributed by atoms with E-state index in [0.717, 1.165) is 0 Å². The topological polar surface area (TPSA) is 56.5 Å². The van der Waals surface area contributed by atoms with Crippen molar-refractivity contribution in [3.63, 3.8) is 0 Å². The number of aryl methyl sites for hydroxylation is 2. The van der Waals surface area contributed by atoms with Crippen LogP contribution in [0.25, 0.3) is 11.2 Å². The van der Waals surface area contributed by atoms with E-state index in [9.17, 15) is 0 Å². The van der Waals surface area contributed by atoms with Crippen LogP contribution in [0, 0.1) is 6.92 Å². The van der Waals surface area contributed by atoms with Gasteiger partial charge in [0, 0.05) is 7.05 Å². The van der Waals surface area contributed by atoms with Gasteiger partial charge in [0.2, 0.25) is 0 Å². The SMILES string of the molecule is Cc1nc(Cl)c2nnn(C)c2n1. The van der Waals surface area contributed by atoms with Crippen LogP contribution in [-0.4, -0.2) is 25.0 Å². The highest BCUT2D eigenvalue weighted by Crippen LogP contribution is 2.15. The second-order valence-electron chi connectivity index (χ2n) is 2.45. The highest BCUT2D eigenvalue weighted by molar-refractivity contribution is 6.33. The molecule has 2 aromatic rings. The zero-order chi connectivity index (χ0) is 8.72. The number of nitrogens with zero attached hydrogens (tertiary/aromatic N) is 5. The summed E-state index contributed by atoms with van der Waals surface area (Å²) in [4.78, 5) is 8.09. The molecule has 0 aliphatic rings. The van der Waals surface area contributed by atoms with Crippen molar-refractivity contribution in [2.75, 3.05) is 0 Å². The molecule has 0 amide bonds. The van der Waals surface area contributed by atoms with Gasteiger partial charge in [0.25, 0.3) is 0 Å². The Morgan fingerprint density at radius 3 is 2.83 bits per heavy atom. The smallest absolute Gasteiger partial charge is 0.183 e. The van der Waals surface area contributed by atoms with Crippen molar-refractivity contribution in [3.8, 4) is 0 Å². The summed E-state index contributed by atoms with van der Waals surface area (Å²) in [5.41, 5.74) is 1.21. The number of rotatable bonds is 0. The highest BCUT2D eigenvalue weighted by atomic mass is 35.5. The van der Waals surface area contributed by atoms with Gasteiger partial charge in [0.15, 0.2) is 16.3 Å². The molecule has 5 nitrogen and oxygen atoms in total. The van der Waals surface area contributed by atoms with Crippen LogP contribution in [0.15, 0.2) is 0 Å². The van der Waals surface area contributed by atoms with E-state index >= 15 is 0 Å². The molecular weight excluding hydrogens is 178 g/mol. The predicted octanol–water partition coefficient (Wildman–Crippen LogP) is 0.720. The number of aromatic nitrogens is 5. The lowest BCUT2D eigenvalue weighted by Gasteiger charge is -1.94. The number of halogens is 1. The minimum atomic E-state index is 0.352. The predicted molar refractivity (Wildman–Crippen MR) is 43.8 cm³/mol. The molecule has 0 spiro atoms. The highest BCUT2D eigenvalue weighted by Gasteiger charge is 2.08. The molecule has 6 heteroatoms. The van der Waals surface area contributed by atoms with Gasteiger partial charge < -0.3 is 0 Å². The number of fused-ring (bicyclic) bond motifs is 1. The van der Waals surface area contributed by atoms with E-state index in [2.05, 4.69) is 20.3 Å². The van der Waals surface area contributed by atoms with Crippen LogP contribution in [-0.2, 0) is 7.05 Å². The normalized spacial score (nSPS) is 10.9. The quantitative estimate of drug-likeness (QED) is 0.565. The molecule has 2 rings (SSSR count). The van der Waals surface area contributed by atoms with E-state index in [1.54, 1.807) is 18.7 Å². The summed E-state index contributed by atoms with van der Waals surface area (Å²) >= 11 is 5.81. The summed E-state index contributed by atoms with van der Waals surface area (Å²) in [5, 5.41) is 7.94. The first-order chi connectivity index (χ1) is 5.68. The number of hydrogen-bond acceptors (Lipinski definition) is 4. The van der Waals surface area contributed by atoms with Gasteiger partial charge in [0.05, 0.1) is 0 Å². The Kier molecular flexibility index (Phi) is 1.47. The second kappa shape index (κ2) is 2.38. The molecule has 0 N–H and O–H groups in total. The van der Waals surface area contributed by atoms with Gasteiger partial charge in [-0.1, -0.05) is 16.8 Å². The van der Waals surface area contributed by atoms with Crippen molar-refractivity contribution in [2.24, 2.45) is 7.05 Å². The van der Waals surface area contributed by atoms with Gasteiger partial charge in [-0.3, -0.25) is 0 Å². The summed E-state index contributed by atoms with van der Waals surface area (Å²) in [6.07, 6.45) is 0. The Hall–Kier alpha value is -1.23. The molecule has 62 valence electrons. The molecule has 2 aromatic heterocycles. The number of hydrogen-bond donors (Lipinski definition) is 0. The van der Waals surface area contributed by atoms with Crippen LogP contribution in [0.5, 0.6) is 0 Å². The molecule has 0 bridgehead atoms. The molecule has 0 aliphatic carbocycles. The first kappa shape index (κ1) is 7.42. The van der Waals surface area contributed by atoms with Crippen LogP contribution in [0.4, 0.5) is 0 Å². The zero-order valence-electron chi connectivity index (χ0n) is 6.61. The first-order valence-corrected chi connectivity index (χ1v) is 3.76. The van der Waals surface area contributed by atoms with E-state index in [1.807, 2.05) is 0 Å². The van der Waals surface area contributed by atoms with Crippen molar-refractivity contribution in [1.82, 2.24) is 25.0 Å². The molecule has 0 saturated heterocycles. The third-order valence-corrected chi connectivity index (χ3v) is 1.78. The fourth-order valence-electron chi connectivity index (χ4n) is 0.984. The Morgan fingerprint density at radius 1 is 1.33 bits per heavy atom. The van der Waals surface area contributed by atoms with E-state index in [-0.39, 0.29) is 0 Å². The van der Waals surface area contributed by atoms with Crippen LogP contribution in [0.3, 0.4) is 0 Å². The molecule has 2 heterocycles. The second-order valence-corrected chi connectivity index (χ2v) is 2.80. The lowest BCUT2D eigenvalue weighted by molar-refractivity contribution is 0.728. The van der Waals surface area contributed by atoms with Crippen molar-refractivity contribution in [1.29, 1.82) is 0 Å². The van der Waals surface area contributed by atoms with Gasteiger partial charge in [-0.2, -0.15) is 0 Å². The molecule has 12 heavy (non-hydrogen) atoms. The largest absolute Gasteiger partial charge is 0.230 e. The van der Waals surface area contributed by atoms with Crippen LogP contribution >= 0.6 is 11.6 Å². The molecule has 0 saturated carbocycles. The van der Waals surface area contributed by atoms with E-state index in [1.165, 1.54) is 0 Å². The summed E-state index contributed by atoms with van der Waals surface area (Å²) < 4.78 is 1.57. The summed E-state index contributed by atoms with van der Waals surface area (Å²) in [6, 6.07) is 0. The molecule has 0 aliphatic heterocycles. The lowest BCUT2D eigenvalue weighted by Crippen LogP contribution is -1.95. The van der Waals surface area contributed by atoms with Crippen molar-refractivity contribution >= 4 is 22.8 Å². The maximum Gasteiger partial charge on any atom is 0.183 e. The van der Waals surface area contributed by atoms with Crippen LogP contribution < -0.4 is 0 Å². The maximum atomic E-state index is 5.81. The van der Waals surface area contributed by atoms with E-state index < -0.39 is 0 Å². The minimum absolute atomic E-state index is 0.352. The van der Waals surface area contributed by atoms with Gasteiger partial charge in [-0.05, 0) is 6.92 Å². The van der Waals surface area contributed by atoms with Gasteiger partial charge in [-0.15, -0.1) is 5.10 Å². The third kappa shape index (κ3) is 0.937. The third-order valence-electron chi connectivity index (χ3n) is 1.52. The fourth-order valence-corrected chi connectivity index (χ4v) is 1.23. The average Bonchev–Trinajstić information content (AvgIpc) is 2.33. The average molecular weight is 184 g/mol. The summed E-state index contributed by atoms with van der Waals surface area (Å²) in [6.45, 7) is 1.78. The van der Waals surface area contributed by atoms with E-state index in [0.29, 0.717) is 22.1 Å². The molecule has 0 fully saturated rings. The molecule has 0 aromatic carbocycles. The Bertz CT molecular complexity index is 435. The summed E-state index contributed by atoms with van der Waals surface area (Å²) in [7, 11) is 1.76. The standard InChI is InChI=1S/C6H6ClN5/c1-3-8-5(7)4-6(9-3)12(2)11-10-4/h1-2H3. The van der Waals surface area contributed by atoms with Crippen LogP contribution in [0.1, 0.15) is 5.82 Å². The Labute approximate surface area is 73.4 Å². The van der Waals surface area contributed by atoms with Crippen molar-refractivity contribution < 1.29 is 0 Å². The molecule has 0 unspecified atom stereocenters. The van der Waals surface area contributed by atoms with Crippen LogP contribution in [0.2, 0.25) is 5.15 Å². The van der Waals surface area contributed by atoms with E-state index in [4.69, 9.17) is 11.6 Å². The monoisotopic (exact) mass is 183 g/mol. The maximum absolute atomic E-state index is 5.81. The first-order valence-electron chi connectivity index (χ1n) is 3.38. The molecular formula is C6H6ClN5. The lowest BCUT2D eigenvalue weighted by atomic mass is 10.5. The zero-order valence-corrected chi connectivity index (χ0v) is 7.37. The van der Waals surface area contributed by atoms with Gasteiger partial charge in [-0.25, -0.2) is 14.6 Å². The summed E-state index contributed by atoms with van der Waals surface area (Å²) in [5.74, 6) is 0.623. The minimum Gasteiger partial charge on any atom is -0.230 e.